The molecule has 4 aromatic carbocycles. The van der Waals surface area contributed by atoms with E-state index in [4.69, 9.17) is 23.9 Å². The number of carbonyl (C=O) groups excluding carboxylic acids is 1. The number of nitrogens with zero attached hydrogens (tertiary/aromatic N) is 2. The van der Waals surface area contributed by atoms with E-state index in [2.05, 4.69) is 34.1 Å². The van der Waals surface area contributed by atoms with E-state index in [1.54, 1.807) is 31.6 Å². The zero-order valence-electron chi connectivity index (χ0n) is 26.4. The first-order valence-corrected chi connectivity index (χ1v) is 16.8. The minimum Gasteiger partial charge on any atom is -0.494 e. The van der Waals surface area contributed by atoms with Crippen LogP contribution in [0.2, 0.25) is 0 Å². The van der Waals surface area contributed by atoms with Gasteiger partial charge in [-0.15, -0.1) is 0 Å². The number of halogens is 1. The summed E-state index contributed by atoms with van der Waals surface area (Å²) in [5.41, 5.74) is 2.94. The lowest BCUT2D eigenvalue weighted by Gasteiger charge is -2.24. The highest BCUT2D eigenvalue weighted by Crippen LogP contribution is 2.37. The number of methoxy groups -OCH3 is 1. The van der Waals surface area contributed by atoms with Crippen molar-refractivity contribution in [1.82, 2.24) is 4.57 Å². The molecule has 0 saturated carbocycles. The summed E-state index contributed by atoms with van der Waals surface area (Å²) in [4.78, 5) is 32.7. The highest BCUT2D eigenvalue weighted by atomic mass is 79.9. The normalized spacial score (nSPS) is 14.5. The summed E-state index contributed by atoms with van der Waals surface area (Å²) in [5.74, 6) is 1.21. The highest BCUT2D eigenvalue weighted by molar-refractivity contribution is 9.10. The van der Waals surface area contributed by atoms with Gasteiger partial charge in [-0.1, -0.05) is 81.9 Å². The van der Waals surface area contributed by atoms with E-state index in [1.165, 1.54) is 11.3 Å². The Labute approximate surface area is 284 Å². The fraction of sp³-hybridized carbons (Fsp3) is 0.216. The Bertz CT molecular complexity index is 2180. The standard InChI is InChI=1S/C37H33BrN2O6S/c1-5-44-28-16-14-24(15-17-28)33-32(36(42)45-6-2)22(3)39-37-40(33)35(41)31(47-37)19-26-18-27(38)20-30(43-4)34(26)46-21-25-12-9-11-23-10-7-8-13-29(23)25/h7-20,33H,5-6,21H2,1-4H3/b31-19-/t33-/m1/s1. The van der Waals surface area contributed by atoms with E-state index in [-0.39, 0.29) is 12.2 Å². The summed E-state index contributed by atoms with van der Waals surface area (Å²) in [6.45, 7) is 6.45. The van der Waals surface area contributed by atoms with Crippen LogP contribution in [0.1, 0.15) is 43.5 Å². The Balaban J connectivity index is 1.47. The first kappa shape index (κ1) is 32.3. The Morgan fingerprint density at radius 3 is 2.51 bits per heavy atom. The molecule has 0 unspecified atom stereocenters. The fourth-order valence-corrected chi connectivity index (χ4v) is 7.22. The molecule has 1 aromatic heterocycles. The van der Waals surface area contributed by atoms with Gasteiger partial charge < -0.3 is 18.9 Å². The molecule has 47 heavy (non-hydrogen) atoms. The van der Waals surface area contributed by atoms with Crippen molar-refractivity contribution in [3.8, 4) is 17.2 Å². The molecule has 0 fully saturated rings. The third kappa shape index (κ3) is 6.48. The number of esters is 1. The fourth-order valence-electron chi connectivity index (χ4n) is 5.73. The van der Waals surface area contributed by atoms with Crippen molar-refractivity contribution in [2.75, 3.05) is 20.3 Å². The maximum atomic E-state index is 14.3. The van der Waals surface area contributed by atoms with Crippen LogP contribution in [0.5, 0.6) is 17.2 Å². The quantitative estimate of drug-likeness (QED) is 0.150. The molecule has 5 aromatic rings. The predicted molar refractivity (Wildman–Crippen MR) is 187 cm³/mol. The molecule has 0 amide bonds. The van der Waals surface area contributed by atoms with Crippen LogP contribution >= 0.6 is 27.3 Å². The second-order valence-corrected chi connectivity index (χ2v) is 12.7. The van der Waals surface area contributed by atoms with Crippen molar-refractivity contribution in [3.05, 3.63) is 131 Å². The summed E-state index contributed by atoms with van der Waals surface area (Å²) in [6.07, 6.45) is 1.79. The number of fused-ring (bicyclic) bond motifs is 2. The van der Waals surface area contributed by atoms with E-state index >= 15 is 0 Å². The molecule has 0 saturated heterocycles. The first-order valence-electron chi connectivity index (χ1n) is 15.2. The molecule has 2 heterocycles. The van der Waals surface area contributed by atoms with Crippen molar-refractivity contribution in [2.24, 2.45) is 4.99 Å². The average Bonchev–Trinajstić information content (AvgIpc) is 3.37. The van der Waals surface area contributed by atoms with Crippen molar-refractivity contribution in [1.29, 1.82) is 0 Å². The summed E-state index contributed by atoms with van der Waals surface area (Å²) in [6, 6.07) is 24.7. The van der Waals surface area contributed by atoms with Crippen LogP contribution in [-0.4, -0.2) is 30.9 Å². The maximum Gasteiger partial charge on any atom is 0.338 e. The van der Waals surface area contributed by atoms with Crippen LogP contribution in [0.25, 0.3) is 16.8 Å². The Kier molecular flexibility index (Phi) is 9.60. The summed E-state index contributed by atoms with van der Waals surface area (Å²) < 4.78 is 26.0. The number of thiazole rings is 1. The van der Waals surface area contributed by atoms with Gasteiger partial charge in [-0.25, -0.2) is 9.79 Å². The van der Waals surface area contributed by atoms with Crippen molar-refractivity contribution >= 4 is 50.1 Å². The minimum atomic E-state index is -0.734. The lowest BCUT2D eigenvalue weighted by molar-refractivity contribution is -0.139. The van der Waals surface area contributed by atoms with Gasteiger partial charge in [0.15, 0.2) is 16.3 Å². The van der Waals surface area contributed by atoms with Gasteiger partial charge in [0.05, 0.1) is 42.2 Å². The minimum absolute atomic E-state index is 0.197. The third-order valence-electron chi connectivity index (χ3n) is 7.83. The van der Waals surface area contributed by atoms with Gasteiger partial charge in [-0.2, -0.15) is 0 Å². The summed E-state index contributed by atoms with van der Waals surface area (Å²) in [5, 5.41) is 2.22. The lowest BCUT2D eigenvalue weighted by atomic mass is 9.96. The smallest absolute Gasteiger partial charge is 0.338 e. The number of hydrogen-bond donors (Lipinski definition) is 0. The van der Waals surface area contributed by atoms with Crippen LogP contribution in [0.3, 0.4) is 0 Å². The average molecular weight is 714 g/mol. The van der Waals surface area contributed by atoms with Gasteiger partial charge in [0, 0.05) is 10.0 Å². The monoisotopic (exact) mass is 712 g/mol. The van der Waals surface area contributed by atoms with Crippen LogP contribution in [0, 0.1) is 0 Å². The number of hydrogen-bond acceptors (Lipinski definition) is 8. The molecule has 1 aliphatic rings. The number of ether oxygens (including phenoxy) is 4. The van der Waals surface area contributed by atoms with Crippen molar-refractivity contribution in [2.45, 2.75) is 33.4 Å². The molecule has 1 atom stereocenters. The Morgan fingerprint density at radius 1 is 1.00 bits per heavy atom. The molecule has 0 bridgehead atoms. The summed E-state index contributed by atoms with van der Waals surface area (Å²) in [7, 11) is 1.58. The zero-order chi connectivity index (χ0) is 33.1. The lowest BCUT2D eigenvalue weighted by Crippen LogP contribution is -2.39. The van der Waals surface area contributed by atoms with Crippen LogP contribution in [0.4, 0.5) is 0 Å². The number of allylic oxidation sites excluding steroid dienone is 1. The van der Waals surface area contributed by atoms with Gasteiger partial charge >= 0.3 is 5.97 Å². The number of aromatic nitrogens is 1. The second kappa shape index (κ2) is 14.0. The van der Waals surface area contributed by atoms with E-state index < -0.39 is 12.0 Å². The zero-order valence-corrected chi connectivity index (χ0v) is 28.8. The molecule has 10 heteroatoms. The maximum absolute atomic E-state index is 14.3. The molecule has 8 nitrogen and oxygen atoms in total. The van der Waals surface area contributed by atoms with Gasteiger partial charge in [0.1, 0.15) is 12.4 Å². The highest BCUT2D eigenvalue weighted by Gasteiger charge is 2.33. The molecule has 240 valence electrons. The van der Waals surface area contributed by atoms with Gasteiger partial charge in [0.25, 0.3) is 5.56 Å². The number of benzene rings is 4. The predicted octanol–water partition coefficient (Wildman–Crippen LogP) is 6.70. The molecule has 0 N–H and O–H groups in total. The van der Waals surface area contributed by atoms with Gasteiger partial charge in [0.2, 0.25) is 0 Å². The molecule has 6 rings (SSSR count). The molecule has 0 radical (unpaired) electrons. The third-order valence-corrected chi connectivity index (χ3v) is 9.27. The van der Waals surface area contributed by atoms with Crippen LogP contribution in [-0.2, 0) is 16.1 Å². The van der Waals surface area contributed by atoms with Crippen molar-refractivity contribution < 1.29 is 23.7 Å². The SMILES string of the molecule is CCOC(=O)C1=C(C)N=c2s/c(=C\c3cc(Br)cc(OC)c3OCc3cccc4ccccc34)c(=O)n2[C@@H]1c1ccc(OCC)cc1. The van der Waals surface area contributed by atoms with Crippen molar-refractivity contribution in [3.63, 3.8) is 0 Å². The molecular weight excluding hydrogens is 680 g/mol. The van der Waals surface area contributed by atoms with E-state index in [1.807, 2.05) is 67.6 Å². The van der Waals surface area contributed by atoms with Crippen LogP contribution < -0.4 is 29.1 Å². The molecule has 0 aliphatic carbocycles. The molecule has 0 spiro atoms. The summed E-state index contributed by atoms with van der Waals surface area (Å²) >= 11 is 4.83. The molecule has 1 aliphatic heterocycles. The number of carbonyl (C=O) groups is 1. The Morgan fingerprint density at radius 2 is 1.77 bits per heavy atom. The number of rotatable bonds is 10. The Hall–Kier alpha value is -4.67. The van der Waals surface area contributed by atoms with Gasteiger partial charge in [-0.05, 0) is 73.0 Å². The van der Waals surface area contributed by atoms with E-state index in [0.29, 0.717) is 56.6 Å². The topological polar surface area (TPSA) is 88.4 Å². The van der Waals surface area contributed by atoms with Gasteiger partial charge in [-0.3, -0.25) is 9.36 Å². The first-order chi connectivity index (χ1) is 22.8. The largest absolute Gasteiger partial charge is 0.494 e. The van der Waals surface area contributed by atoms with Crippen LogP contribution in [0.15, 0.2) is 104 Å². The molecular formula is C37H33BrN2O6S. The van der Waals surface area contributed by atoms with E-state index in [9.17, 15) is 9.59 Å². The second-order valence-electron chi connectivity index (χ2n) is 10.8. The van der Waals surface area contributed by atoms with E-state index in [0.717, 1.165) is 26.4 Å².